The van der Waals surface area contributed by atoms with Gasteiger partial charge in [0.1, 0.15) is 0 Å². The molecule has 0 spiro atoms. The molecule has 6 heteroatoms. The molecule has 3 N–H and O–H groups in total. The Labute approximate surface area is 124 Å². The van der Waals surface area contributed by atoms with Crippen LogP contribution in [-0.4, -0.2) is 24.9 Å². The van der Waals surface area contributed by atoms with Crippen LogP contribution in [0.3, 0.4) is 0 Å². The van der Waals surface area contributed by atoms with Crippen LogP contribution in [0, 0.1) is 5.92 Å². The number of halogens is 1. The summed E-state index contributed by atoms with van der Waals surface area (Å²) < 4.78 is 0. The molecule has 1 unspecified atom stereocenters. The van der Waals surface area contributed by atoms with E-state index in [4.69, 9.17) is 11.6 Å². The number of amides is 2. The lowest BCUT2D eigenvalue weighted by molar-refractivity contribution is -0.119. The van der Waals surface area contributed by atoms with Gasteiger partial charge in [0.05, 0.1) is 10.7 Å². The van der Waals surface area contributed by atoms with Crippen LogP contribution in [0.4, 0.5) is 11.4 Å². The number of anilines is 2. The van der Waals surface area contributed by atoms with E-state index in [1.165, 1.54) is 6.92 Å². The van der Waals surface area contributed by atoms with E-state index in [1.54, 1.807) is 18.2 Å². The minimum absolute atomic E-state index is 0.0747. The molecule has 0 saturated heterocycles. The number of carbonyl (C=O) groups excluding carboxylic acids is 2. The Bertz CT molecular complexity index is 491. The number of benzene rings is 1. The molecule has 110 valence electrons. The van der Waals surface area contributed by atoms with Crippen molar-refractivity contribution < 1.29 is 9.59 Å². The summed E-state index contributed by atoms with van der Waals surface area (Å²) in [4.78, 5) is 22.9. The molecule has 1 atom stereocenters. The van der Waals surface area contributed by atoms with Gasteiger partial charge in [-0.25, -0.2) is 0 Å². The van der Waals surface area contributed by atoms with Gasteiger partial charge >= 0.3 is 0 Å². The summed E-state index contributed by atoms with van der Waals surface area (Å²) in [6.07, 6.45) is 0. The third-order valence-electron chi connectivity index (χ3n) is 2.70. The van der Waals surface area contributed by atoms with Crippen LogP contribution in [0.15, 0.2) is 18.2 Å². The van der Waals surface area contributed by atoms with Gasteiger partial charge in [0.15, 0.2) is 0 Å². The molecule has 1 rings (SSSR count). The van der Waals surface area contributed by atoms with Crippen molar-refractivity contribution in [1.82, 2.24) is 5.32 Å². The molecule has 0 aliphatic carbocycles. The van der Waals surface area contributed by atoms with E-state index in [0.717, 1.165) is 6.54 Å². The zero-order valence-electron chi connectivity index (χ0n) is 11.9. The Morgan fingerprint density at radius 2 is 2.00 bits per heavy atom. The molecule has 0 radical (unpaired) electrons. The molecule has 5 nitrogen and oxygen atoms in total. The Kier molecular flexibility index (Phi) is 6.48. The summed E-state index contributed by atoms with van der Waals surface area (Å²) in [6.45, 7) is 6.71. The topological polar surface area (TPSA) is 70.2 Å². The molecule has 0 aromatic heterocycles. The first-order valence-electron chi connectivity index (χ1n) is 6.52. The number of nitrogens with one attached hydrogen (secondary N) is 3. The largest absolute Gasteiger partial charge is 0.326 e. The van der Waals surface area contributed by atoms with Crippen molar-refractivity contribution in [2.24, 2.45) is 5.92 Å². The van der Waals surface area contributed by atoms with Crippen molar-refractivity contribution in [2.45, 2.75) is 20.8 Å². The van der Waals surface area contributed by atoms with Crippen LogP contribution >= 0.6 is 11.6 Å². The second kappa shape index (κ2) is 7.87. The average molecular weight is 298 g/mol. The van der Waals surface area contributed by atoms with E-state index in [9.17, 15) is 9.59 Å². The molecule has 20 heavy (non-hydrogen) atoms. The molecular formula is C14H20ClN3O2. The molecule has 1 aromatic carbocycles. The van der Waals surface area contributed by atoms with E-state index in [1.807, 2.05) is 13.8 Å². The third-order valence-corrected chi connectivity index (χ3v) is 3.01. The van der Waals surface area contributed by atoms with Crippen LogP contribution in [0.2, 0.25) is 5.02 Å². The summed E-state index contributed by atoms with van der Waals surface area (Å²) in [7, 11) is 0. The number of rotatable bonds is 6. The molecule has 2 amide bonds. The van der Waals surface area contributed by atoms with Gasteiger partial charge < -0.3 is 16.0 Å². The molecular weight excluding hydrogens is 278 g/mol. The van der Waals surface area contributed by atoms with Crippen molar-refractivity contribution in [2.75, 3.05) is 23.7 Å². The minimum atomic E-state index is -0.192. The zero-order valence-corrected chi connectivity index (χ0v) is 12.7. The SMILES string of the molecule is CCNCC(C)C(=O)Nc1ccc(NC(C)=O)c(Cl)c1. The van der Waals surface area contributed by atoms with Gasteiger partial charge in [-0.15, -0.1) is 0 Å². The fraction of sp³-hybridized carbons (Fsp3) is 0.429. The zero-order chi connectivity index (χ0) is 15.1. The third kappa shape index (κ3) is 5.19. The summed E-state index contributed by atoms with van der Waals surface area (Å²) in [5.74, 6) is -0.402. The lowest BCUT2D eigenvalue weighted by Gasteiger charge is -2.13. The standard InChI is InChI=1S/C14H20ClN3O2/c1-4-16-8-9(2)14(20)18-11-5-6-13(12(15)7-11)17-10(3)19/h5-7,9,16H,4,8H2,1-3H3,(H,17,19)(H,18,20). The second-order valence-corrected chi connectivity index (χ2v) is 4.98. The second-order valence-electron chi connectivity index (χ2n) is 4.57. The van der Waals surface area contributed by atoms with Gasteiger partial charge in [0.25, 0.3) is 0 Å². The summed E-state index contributed by atoms with van der Waals surface area (Å²) >= 11 is 6.04. The van der Waals surface area contributed by atoms with E-state index >= 15 is 0 Å². The quantitative estimate of drug-likeness (QED) is 0.755. The molecule has 0 heterocycles. The minimum Gasteiger partial charge on any atom is -0.326 e. The van der Waals surface area contributed by atoms with Gasteiger partial charge in [-0.1, -0.05) is 25.4 Å². The summed E-state index contributed by atoms with van der Waals surface area (Å²) in [6, 6.07) is 4.98. The molecule has 0 bridgehead atoms. The molecule has 0 aliphatic rings. The fourth-order valence-electron chi connectivity index (χ4n) is 1.60. The maximum atomic E-state index is 11.9. The van der Waals surface area contributed by atoms with E-state index in [2.05, 4.69) is 16.0 Å². The van der Waals surface area contributed by atoms with Crippen molar-refractivity contribution in [3.8, 4) is 0 Å². The lowest BCUT2D eigenvalue weighted by Crippen LogP contribution is -2.30. The van der Waals surface area contributed by atoms with Crippen LogP contribution in [0.1, 0.15) is 20.8 Å². The van der Waals surface area contributed by atoms with Gasteiger partial charge in [-0.2, -0.15) is 0 Å². The van der Waals surface area contributed by atoms with Crippen molar-refractivity contribution in [3.05, 3.63) is 23.2 Å². The molecule has 0 saturated carbocycles. The monoisotopic (exact) mass is 297 g/mol. The highest BCUT2D eigenvalue weighted by Crippen LogP contribution is 2.25. The maximum Gasteiger partial charge on any atom is 0.228 e. The van der Waals surface area contributed by atoms with Crippen LogP contribution in [-0.2, 0) is 9.59 Å². The van der Waals surface area contributed by atoms with Crippen LogP contribution in [0.25, 0.3) is 0 Å². The number of carbonyl (C=O) groups is 2. The van der Waals surface area contributed by atoms with E-state index in [0.29, 0.717) is 22.9 Å². The van der Waals surface area contributed by atoms with Gasteiger partial charge in [-0.3, -0.25) is 9.59 Å². The Balaban J connectivity index is 2.67. The van der Waals surface area contributed by atoms with Gasteiger partial charge in [0, 0.05) is 25.1 Å². The number of hydrogen-bond donors (Lipinski definition) is 3. The molecule has 1 aromatic rings. The fourth-order valence-corrected chi connectivity index (χ4v) is 1.83. The highest BCUT2D eigenvalue weighted by atomic mass is 35.5. The summed E-state index contributed by atoms with van der Waals surface area (Å²) in [5.41, 5.74) is 1.13. The maximum absolute atomic E-state index is 11.9. The van der Waals surface area contributed by atoms with E-state index in [-0.39, 0.29) is 17.7 Å². The smallest absolute Gasteiger partial charge is 0.228 e. The Morgan fingerprint density at radius 1 is 1.30 bits per heavy atom. The number of hydrogen-bond acceptors (Lipinski definition) is 3. The summed E-state index contributed by atoms with van der Waals surface area (Å²) in [5, 5.41) is 8.92. The molecule has 0 aliphatic heterocycles. The normalized spacial score (nSPS) is 11.8. The Morgan fingerprint density at radius 3 is 2.55 bits per heavy atom. The van der Waals surface area contributed by atoms with Crippen molar-refractivity contribution >= 4 is 34.8 Å². The predicted molar refractivity (Wildman–Crippen MR) is 82.1 cm³/mol. The predicted octanol–water partition coefficient (Wildman–Crippen LogP) is 2.48. The Hall–Kier alpha value is -1.59. The van der Waals surface area contributed by atoms with E-state index < -0.39 is 0 Å². The first-order valence-corrected chi connectivity index (χ1v) is 6.90. The van der Waals surface area contributed by atoms with Gasteiger partial charge in [-0.05, 0) is 24.7 Å². The highest BCUT2D eigenvalue weighted by molar-refractivity contribution is 6.34. The first-order chi connectivity index (χ1) is 9.43. The van der Waals surface area contributed by atoms with Crippen molar-refractivity contribution in [1.29, 1.82) is 0 Å². The highest BCUT2D eigenvalue weighted by Gasteiger charge is 2.13. The molecule has 0 fully saturated rings. The lowest BCUT2D eigenvalue weighted by atomic mass is 10.1. The van der Waals surface area contributed by atoms with Crippen LogP contribution < -0.4 is 16.0 Å². The average Bonchev–Trinajstić information content (AvgIpc) is 2.38. The van der Waals surface area contributed by atoms with Crippen molar-refractivity contribution in [3.63, 3.8) is 0 Å². The van der Waals surface area contributed by atoms with Gasteiger partial charge in [0.2, 0.25) is 11.8 Å². The first kappa shape index (κ1) is 16.5. The van der Waals surface area contributed by atoms with Crippen LogP contribution in [0.5, 0.6) is 0 Å².